The number of non-ortho nitro benzene ring substituents is 1. The zero-order chi connectivity index (χ0) is 15.4. The van der Waals surface area contributed by atoms with Crippen molar-refractivity contribution in [1.29, 1.82) is 0 Å². The van der Waals surface area contributed by atoms with Gasteiger partial charge >= 0.3 is 0 Å². The van der Waals surface area contributed by atoms with Crippen molar-refractivity contribution in [3.63, 3.8) is 0 Å². The van der Waals surface area contributed by atoms with Crippen LogP contribution in [0.2, 0.25) is 0 Å². The van der Waals surface area contributed by atoms with E-state index in [4.69, 9.17) is 0 Å². The number of nitro groups is 1. The van der Waals surface area contributed by atoms with E-state index in [-0.39, 0.29) is 10.6 Å². The fraction of sp³-hybridized carbons (Fsp3) is 0.250. The van der Waals surface area contributed by atoms with Gasteiger partial charge in [0.1, 0.15) is 0 Å². The molecule has 0 spiro atoms. The Hall–Kier alpha value is -1.88. The molecule has 0 aliphatic heterocycles. The molecule has 0 aliphatic carbocycles. The van der Waals surface area contributed by atoms with Gasteiger partial charge < -0.3 is 5.32 Å². The number of anilines is 1. The molecule has 21 heavy (non-hydrogen) atoms. The summed E-state index contributed by atoms with van der Waals surface area (Å²) in [6.45, 7) is 4.85. The molecule has 0 radical (unpaired) electrons. The van der Waals surface area contributed by atoms with Gasteiger partial charge in [-0.3, -0.25) is 10.1 Å². The van der Waals surface area contributed by atoms with Crippen molar-refractivity contribution in [1.82, 2.24) is 0 Å². The summed E-state index contributed by atoms with van der Waals surface area (Å²) in [6, 6.07) is 13.2. The molecule has 0 heterocycles. The van der Waals surface area contributed by atoms with Crippen LogP contribution in [0.4, 0.5) is 11.4 Å². The highest BCUT2D eigenvalue weighted by Crippen LogP contribution is 2.22. The second-order valence-electron chi connectivity index (χ2n) is 5.21. The minimum absolute atomic E-state index is 0.0938. The first kappa shape index (κ1) is 15.5. The highest BCUT2D eigenvalue weighted by Gasteiger charge is 2.08. The van der Waals surface area contributed by atoms with E-state index < -0.39 is 0 Å². The second kappa shape index (κ2) is 6.72. The summed E-state index contributed by atoms with van der Waals surface area (Å²) < 4.78 is 0.712. The van der Waals surface area contributed by atoms with Crippen LogP contribution in [0.25, 0.3) is 0 Å². The van der Waals surface area contributed by atoms with Crippen molar-refractivity contribution in [3.05, 3.63) is 68.2 Å². The van der Waals surface area contributed by atoms with Crippen molar-refractivity contribution >= 4 is 27.3 Å². The molecule has 4 nitrogen and oxygen atoms in total. The second-order valence-corrected chi connectivity index (χ2v) is 6.12. The molecule has 2 aromatic carbocycles. The molecule has 0 bridgehead atoms. The Morgan fingerprint density at radius 1 is 1.19 bits per heavy atom. The first-order chi connectivity index (χ1) is 9.95. The van der Waals surface area contributed by atoms with E-state index in [1.807, 2.05) is 18.2 Å². The third-order valence-corrected chi connectivity index (χ3v) is 3.68. The minimum Gasteiger partial charge on any atom is -0.381 e. The lowest BCUT2D eigenvalue weighted by atomic mass is 10.0. The van der Waals surface area contributed by atoms with Gasteiger partial charge in [0.05, 0.1) is 4.92 Å². The maximum absolute atomic E-state index is 10.8. The number of nitro benzene ring substituents is 1. The summed E-state index contributed by atoms with van der Waals surface area (Å²) in [6.07, 6.45) is 0. The van der Waals surface area contributed by atoms with E-state index in [0.717, 1.165) is 11.3 Å². The van der Waals surface area contributed by atoms with Crippen LogP contribution >= 0.6 is 15.9 Å². The Labute approximate surface area is 132 Å². The van der Waals surface area contributed by atoms with Gasteiger partial charge in [0.15, 0.2) is 0 Å². The van der Waals surface area contributed by atoms with E-state index in [1.54, 1.807) is 6.07 Å². The van der Waals surface area contributed by atoms with Gasteiger partial charge in [0, 0.05) is 28.8 Å². The maximum Gasteiger partial charge on any atom is 0.270 e. The first-order valence-electron chi connectivity index (χ1n) is 6.73. The van der Waals surface area contributed by atoms with Crippen LogP contribution in [0.15, 0.2) is 46.9 Å². The molecule has 0 aliphatic rings. The fourth-order valence-electron chi connectivity index (χ4n) is 2.03. The molecule has 0 aromatic heterocycles. The zero-order valence-corrected chi connectivity index (χ0v) is 13.6. The number of nitrogens with one attached hydrogen (secondary N) is 1. The van der Waals surface area contributed by atoms with Gasteiger partial charge in [-0.2, -0.15) is 0 Å². The average Bonchev–Trinajstić information content (AvgIpc) is 2.45. The lowest BCUT2D eigenvalue weighted by molar-refractivity contribution is -0.385. The van der Waals surface area contributed by atoms with E-state index in [0.29, 0.717) is 16.9 Å². The van der Waals surface area contributed by atoms with Crippen molar-refractivity contribution in [2.75, 3.05) is 5.32 Å². The number of hydrogen-bond acceptors (Lipinski definition) is 3. The molecule has 0 fully saturated rings. The number of rotatable bonds is 5. The molecule has 0 atom stereocenters. The van der Waals surface area contributed by atoms with Crippen LogP contribution in [0.1, 0.15) is 30.9 Å². The molecule has 0 saturated carbocycles. The molecule has 0 saturated heterocycles. The molecule has 110 valence electrons. The number of hydrogen-bond donors (Lipinski definition) is 1. The first-order valence-corrected chi connectivity index (χ1v) is 7.52. The van der Waals surface area contributed by atoms with Gasteiger partial charge in [-0.1, -0.05) is 41.9 Å². The molecule has 0 amide bonds. The lowest BCUT2D eigenvalue weighted by Gasteiger charge is -2.09. The Kier molecular flexibility index (Phi) is 4.96. The summed E-state index contributed by atoms with van der Waals surface area (Å²) in [4.78, 5) is 10.5. The largest absolute Gasteiger partial charge is 0.381 e. The molecule has 0 unspecified atom stereocenters. The van der Waals surface area contributed by atoms with Crippen molar-refractivity contribution in [3.8, 4) is 0 Å². The van der Waals surface area contributed by atoms with Gasteiger partial charge in [0.25, 0.3) is 5.69 Å². The lowest BCUT2D eigenvalue weighted by Crippen LogP contribution is -2.01. The Morgan fingerprint density at radius 3 is 2.43 bits per heavy atom. The fourth-order valence-corrected chi connectivity index (χ4v) is 2.56. The SMILES string of the molecule is CC(C)c1ccc(NCc2cc(Br)cc([N+](=O)[O-])c2)cc1. The van der Waals surface area contributed by atoms with E-state index in [9.17, 15) is 10.1 Å². The third-order valence-electron chi connectivity index (χ3n) is 3.23. The predicted molar refractivity (Wildman–Crippen MR) is 88.7 cm³/mol. The van der Waals surface area contributed by atoms with Crippen LogP contribution < -0.4 is 5.32 Å². The molecule has 2 aromatic rings. The van der Waals surface area contributed by atoms with Crippen LogP contribution in [0.5, 0.6) is 0 Å². The number of halogens is 1. The summed E-state index contributed by atoms with van der Waals surface area (Å²) in [5.41, 5.74) is 3.25. The van der Waals surface area contributed by atoms with Gasteiger partial charge in [-0.25, -0.2) is 0 Å². The average molecular weight is 349 g/mol. The summed E-state index contributed by atoms with van der Waals surface area (Å²) >= 11 is 3.30. The summed E-state index contributed by atoms with van der Waals surface area (Å²) in [5, 5.41) is 14.1. The number of nitrogens with zero attached hydrogens (tertiary/aromatic N) is 1. The molecular weight excluding hydrogens is 332 g/mol. The molecule has 1 N–H and O–H groups in total. The normalized spacial score (nSPS) is 10.7. The van der Waals surface area contributed by atoms with Crippen LogP contribution in [0, 0.1) is 10.1 Å². The predicted octanol–water partition coefficient (Wildman–Crippen LogP) is 5.09. The standard InChI is InChI=1S/C16H17BrN2O2/c1-11(2)13-3-5-15(6-4-13)18-10-12-7-14(17)9-16(8-12)19(20)21/h3-9,11,18H,10H2,1-2H3. The summed E-state index contributed by atoms with van der Waals surface area (Å²) in [7, 11) is 0. The van der Waals surface area contributed by atoms with Crippen LogP contribution in [-0.2, 0) is 6.54 Å². The number of benzene rings is 2. The van der Waals surface area contributed by atoms with Crippen LogP contribution in [0.3, 0.4) is 0 Å². The quantitative estimate of drug-likeness (QED) is 0.604. The maximum atomic E-state index is 10.8. The molecule has 5 heteroatoms. The van der Waals surface area contributed by atoms with Crippen molar-refractivity contribution in [2.24, 2.45) is 0 Å². The topological polar surface area (TPSA) is 55.2 Å². The van der Waals surface area contributed by atoms with E-state index >= 15 is 0 Å². The molecular formula is C16H17BrN2O2. The Morgan fingerprint density at radius 2 is 1.86 bits per heavy atom. The Bertz CT molecular complexity index is 639. The monoisotopic (exact) mass is 348 g/mol. The highest BCUT2D eigenvalue weighted by molar-refractivity contribution is 9.10. The minimum atomic E-state index is -0.383. The smallest absolute Gasteiger partial charge is 0.270 e. The van der Waals surface area contributed by atoms with Crippen LogP contribution in [-0.4, -0.2) is 4.92 Å². The van der Waals surface area contributed by atoms with Crippen molar-refractivity contribution in [2.45, 2.75) is 26.3 Å². The third kappa shape index (κ3) is 4.29. The van der Waals surface area contributed by atoms with Crippen molar-refractivity contribution < 1.29 is 4.92 Å². The Balaban J connectivity index is 2.07. The van der Waals surface area contributed by atoms with Gasteiger partial charge in [0.2, 0.25) is 0 Å². The molecule has 2 rings (SSSR count). The van der Waals surface area contributed by atoms with E-state index in [2.05, 4.69) is 47.2 Å². The summed E-state index contributed by atoms with van der Waals surface area (Å²) in [5.74, 6) is 0.506. The van der Waals surface area contributed by atoms with Gasteiger partial charge in [-0.15, -0.1) is 0 Å². The van der Waals surface area contributed by atoms with Gasteiger partial charge in [-0.05, 0) is 35.2 Å². The van der Waals surface area contributed by atoms with E-state index in [1.165, 1.54) is 11.6 Å². The highest BCUT2D eigenvalue weighted by atomic mass is 79.9. The zero-order valence-electron chi connectivity index (χ0n) is 12.0.